The van der Waals surface area contributed by atoms with E-state index < -0.39 is 60.5 Å². The number of carbonyl (C=O) groups is 2. The highest BCUT2D eigenvalue weighted by Crippen LogP contribution is 2.43. The van der Waals surface area contributed by atoms with E-state index >= 15 is 0 Å². The molecule has 43 heavy (non-hydrogen) atoms. The van der Waals surface area contributed by atoms with Crippen LogP contribution in [0.4, 0.5) is 40.8 Å². The molecule has 0 aliphatic carbocycles. The van der Waals surface area contributed by atoms with Crippen LogP contribution in [0.5, 0.6) is 0 Å². The molecule has 234 valence electrons. The first-order valence-corrected chi connectivity index (χ1v) is 14.2. The number of aryl methyl sites for hydroxylation is 1. The van der Waals surface area contributed by atoms with E-state index in [0.717, 1.165) is 6.20 Å². The molecule has 3 rings (SSSR count). The van der Waals surface area contributed by atoms with E-state index in [-0.39, 0.29) is 33.2 Å². The minimum Gasteiger partial charge on any atom is -0.349 e. The summed E-state index contributed by atoms with van der Waals surface area (Å²) < 4.78 is 107. The first-order valence-electron chi connectivity index (χ1n) is 12.0. The summed E-state index contributed by atoms with van der Waals surface area (Å²) in [6.07, 6.45) is -3.33. The largest absolute Gasteiger partial charge is 0.461 e. The van der Waals surface area contributed by atoms with E-state index in [4.69, 9.17) is 0 Å². The van der Waals surface area contributed by atoms with Crippen LogP contribution in [-0.2, 0) is 18.4 Å². The van der Waals surface area contributed by atoms with Gasteiger partial charge in [0.05, 0.1) is 28.7 Å². The topological polar surface area (TPSA) is 115 Å². The van der Waals surface area contributed by atoms with Crippen molar-refractivity contribution in [2.45, 2.75) is 44.5 Å². The van der Waals surface area contributed by atoms with E-state index in [0.29, 0.717) is 10.2 Å². The lowest BCUT2D eigenvalue weighted by atomic mass is 10.1. The molecule has 2 N–H and O–H groups in total. The molecule has 0 radical (unpaired) electrons. The minimum atomic E-state index is -6.21. The van der Waals surface area contributed by atoms with Gasteiger partial charge in [-0.05, 0) is 48.2 Å². The number of rotatable bonds is 11. The van der Waals surface area contributed by atoms with Crippen LogP contribution >= 0.6 is 27.7 Å². The molecule has 2 aromatic heterocycles. The molecule has 19 heteroatoms. The summed E-state index contributed by atoms with van der Waals surface area (Å²) in [6, 6.07) is 4.27. The number of alkyl halides is 8. The molecule has 3 aromatic rings. The number of nitrogens with zero attached hydrogens (tertiary/aromatic N) is 5. The molecule has 0 spiro atoms. The zero-order chi connectivity index (χ0) is 32.3. The predicted molar refractivity (Wildman–Crippen MR) is 143 cm³/mol. The molecule has 0 saturated carbocycles. The zero-order valence-corrected chi connectivity index (χ0v) is 24.8. The van der Waals surface area contributed by atoms with Crippen molar-refractivity contribution < 1.29 is 44.7 Å². The molecule has 1 aromatic carbocycles. The number of hydrogen-bond acceptors (Lipinski definition) is 7. The average molecular weight is 704 g/mol. The minimum absolute atomic E-state index is 0.00645. The fourth-order valence-corrected chi connectivity index (χ4v) is 4.74. The number of carbonyl (C=O) groups excluding carboxylic acids is 2. The number of amides is 2. The SMILES string of the molecule is CSCC(C)NC(=O)c1c(Br)cccc1C(=O)Nc1cnc(Cn2nc(C(F)(F)C(F)(F)F)nc2C(F)(F)CF)nc1C. The third-order valence-electron chi connectivity index (χ3n) is 5.65. The smallest absolute Gasteiger partial charge is 0.349 e. The Bertz CT molecular complexity index is 1500. The molecule has 0 fully saturated rings. The highest BCUT2D eigenvalue weighted by atomic mass is 79.9. The van der Waals surface area contributed by atoms with Crippen LogP contribution in [0.3, 0.4) is 0 Å². The van der Waals surface area contributed by atoms with Crippen molar-refractivity contribution in [2.75, 3.05) is 24.0 Å². The van der Waals surface area contributed by atoms with E-state index in [1.165, 1.54) is 30.8 Å². The molecule has 1 atom stereocenters. The summed E-state index contributed by atoms with van der Waals surface area (Å²) in [6.45, 7) is -0.317. The van der Waals surface area contributed by atoms with Crippen LogP contribution in [0.2, 0.25) is 0 Å². The lowest BCUT2D eigenvalue weighted by Gasteiger charge is -2.16. The normalized spacial score (nSPS) is 13.1. The van der Waals surface area contributed by atoms with Gasteiger partial charge in [0.25, 0.3) is 11.8 Å². The quantitative estimate of drug-likeness (QED) is 0.249. The Morgan fingerprint density at radius 3 is 2.35 bits per heavy atom. The Morgan fingerprint density at radius 1 is 1.09 bits per heavy atom. The Labute approximate surface area is 251 Å². The second-order valence-corrected chi connectivity index (χ2v) is 10.8. The molecule has 1 unspecified atom stereocenters. The van der Waals surface area contributed by atoms with E-state index in [1.807, 2.05) is 6.26 Å². The second kappa shape index (κ2) is 13.1. The van der Waals surface area contributed by atoms with Crippen molar-refractivity contribution >= 4 is 45.2 Å². The van der Waals surface area contributed by atoms with E-state index in [9.17, 15) is 44.7 Å². The fourth-order valence-electron chi connectivity index (χ4n) is 3.61. The summed E-state index contributed by atoms with van der Waals surface area (Å²) in [7, 11) is 0. The maximum absolute atomic E-state index is 14.1. The van der Waals surface area contributed by atoms with Crippen molar-refractivity contribution in [3.05, 3.63) is 63.2 Å². The Balaban J connectivity index is 1.89. The van der Waals surface area contributed by atoms with Crippen molar-refractivity contribution in [3.8, 4) is 0 Å². The molecule has 2 heterocycles. The summed E-state index contributed by atoms with van der Waals surface area (Å²) >= 11 is 4.78. The van der Waals surface area contributed by atoms with E-state index in [1.54, 1.807) is 13.0 Å². The summed E-state index contributed by atoms with van der Waals surface area (Å²) in [5, 5.41) is 8.15. The van der Waals surface area contributed by atoms with Crippen molar-refractivity contribution in [2.24, 2.45) is 0 Å². The standard InChI is InChI=1S/C24H22BrF8N7O2S/c1-11(9-43-3)35-19(42)17-13(5-4-6-14(17)25)18(41)37-15-7-34-16(36-12(15)2)8-40-21(22(27,28)10-26)38-20(39-40)23(29,30)24(31,32)33/h4-7,11H,8-10H2,1-3H3,(H,35,42)(H,37,41). The maximum atomic E-state index is 14.1. The van der Waals surface area contributed by atoms with Crippen molar-refractivity contribution in [3.63, 3.8) is 0 Å². The number of halogens is 9. The van der Waals surface area contributed by atoms with Crippen LogP contribution in [0.1, 0.15) is 50.8 Å². The number of anilines is 1. The van der Waals surface area contributed by atoms with Gasteiger partial charge in [-0.1, -0.05) is 6.07 Å². The second-order valence-electron chi connectivity index (χ2n) is 9.06. The third-order valence-corrected chi connectivity index (χ3v) is 7.15. The van der Waals surface area contributed by atoms with Gasteiger partial charge >= 0.3 is 18.0 Å². The van der Waals surface area contributed by atoms with Gasteiger partial charge in [0, 0.05) is 16.3 Å². The molecule has 0 saturated heterocycles. The first-order chi connectivity index (χ1) is 19.9. The zero-order valence-electron chi connectivity index (χ0n) is 22.4. The van der Waals surface area contributed by atoms with Gasteiger partial charge in [0.15, 0.2) is 6.67 Å². The van der Waals surface area contributed by atoms with Crippen LogP contribution in [-0.4, -0.2) is 67.4 Å². The Kier molecular flexibility index (Phi) is 10.4. The Morgan fingerprint density at radius 2 is 1.77 bits per heavy atom. The van der Waals surface area contributed by atoms with Crippen molar-refractivity contribution in [1.29, 1.82) is 0 Å². The Hall–Kier alpha value is -3.35. The number of benzene rings is 1. The van der Waals surface area contributed by atoms with Crippen molar-refractivity contribution in [1.82, 2.24) is 30.0 Å². The number of aromatic nitrogens is 5. The van der Waals surface area contributed by atoms with Gasteiger partial charge in [-0.3, -0.25) is 9.59 Å². The highest BCUT2D eigenvalue weighted by molar-refractivity contribution is 9.10. The third kappa shape index (κ3) is 7.60. The molecule has 0 aliphatic rings. The number of nitrogens with one attached hydrogen (secondary N) is 2. The molecular formula is C24H22BrF8N7O2S. The summed E-state index contributed by atoms with van der Waals surface area (Å²) in [4.78, 5) is 36.4. The maximum Gasteiger partial charge on any atom is 0.461 e. The predicted octanol–water partition coefficient (Wildman–Crippen LogP) is 5.64. The van der Waals surface area contributed by atoms with Crippen LogP contribution in [0, 0.1) is 6.92 Å². The molecular weight excluding hydrogens is 682 g/mol. The van der Waals surface area contributed by atoms with Gasteiger partial charge in [0.2, 0.25) is 11.6 Å². The first kappa shape index (κ1) is 34.1. The van der Waals surface area contributed by atoms with Crippen LogP contribution in [0.25, 0.3) is 0 Å². The molecule has 9 nitrogen and oxygen atoms in total. The molecule has 0 bridgehead atoms. The molecule has 0 aliphatic heterocycles. The van der Waals surface area contributed by atoms with Gasteiger partial charge in [-0.2, -0.15) is 42.5 Å². The average Bonchev–Trinajstić information content (AvgIpc) is 3.34. The van der Waals surface area contributed by atoms with Crippen LogP contribution in [0.15, 0.2) is 28.9 Å². The lowest BCUT2D eigenvalue weighted by molar-refractivity contribution is -0.292. The lowest BCUT2D eigenvalue weighted by Crippen LogP contribution is -2.35. The summed E-state index contributed by atoms with van der Waals surface area (Å²) in [5.41, 5.74) is 0.0355. The number of hydrogen-bond donors (Lipinski definition) is 2. The fraction of sp³-hybridized carbons (Fsp3) is 0.417. The van der Waals surface area contributed by atoms with Crippen LogP contribution < -0.4 is 10.6 Å². The van der Waals surface area contributed by atoms with E-state index in [2.05, 4.69) is 46.6 Å². The van der Waals surface area contributed by atoms with Gasteiger partial charge in [0.1, 0.15) is 12.4 Å². The van der Waals surface area contributed by atoms with Gasteiger partial charge < -0.3 is 10.6 Å². The van der Waals surface area contributed by atoms with Gasteiger partial charge in [-0.25, -0.2) is 24.0 Å². The monoisotopic (exact) mass is 703 g/mol. The summed E-state index contributed by atoms with van der Waals surface area (Å²) in [5.74, 6) is -15.4. The number of thioether (sulfide) groups is 1. The van der Waals surface area contributed by atoms with Gasteiger partial charge in [-0.15, -0.1) is 5.10 Å². The highest BCUT2D eigenvalue weighted by Gasteiger charge is 2.62. The molecule has 2 amide bonds.